The summed E-state index contributed by atoms with van der Waals surface area (Å²) < 4.78 is 41.2. The highest BCUT2D eigenvalue weighted by Crippen LogP contribution is 2.50. The molecule has 0 heterocycles. The Labute approximate surface area is 187 Å². The minimum Gasteiger partial charge on any atom is -0.333 e. The Morgan fingerprint density at radius 2 is 1.57 bits per heavy atom. The van der Waals surface area contributed by atoms with E-state index in [9.17, 15) is 4.57 Å². The summed E-state index contributed by atoms with van der Waals surface area (Å²) in [7, 11) is -4.29. The molecule has 0 saturated carbocycles. The van der Waals surface area contributed by atoms with E-state index in [1.807, 2.05) is 44.7 Å². The first-order valence-corrected chi connectivity index (χ1v) is 14.3. The van der Waals surface area contributed by atoms with Crippen molar-refractivity contribution in [1.29, 1.82) is 0 Å². The van der Waals surface area contributed by atoms with Crippen LogP contribution in [0.2, 0.25) is 0 Å². The number of aryl methyl sites for hydroxylation is 1. The highest BCUT2D eigenvalue weighted by Gasteiger charge is 2.29. The van der Waals surface area contributed by atoms with Gasteiger partial charge in [-0.25, -0.2) is 0 Å². The molecule has 1 rings (SSSR count). The average Bonchev–Trinajstić information content (AvgIpc) is 2.69. The maximum absolute atomic E-state index is 13.0. The molecule has 0 amide bonds. The molecule has 0 radical (unpaired) electrons. The first-order chi connectivity index (χ1) is 14.5. The minimum absolute atomic E-state index is 0.207. The van der Waals surface area contributed by atoms with Crippen LogP contribution in [0.5, 0.6) is 0 Å². The first kappa shape index (κ1) is 28.0. The number of benzene rings is 1. The maximum atomic E-state index is 13.0. The zero-order valence-electron chi connectivity index (χ0n) is 18.9. The fraction of sp³-hybridized carbons (Fsp3) is 0.700. The van der Waals surface area contributed by atoms with Crippen LogP contribution in [-0.2, 0) is 26.8 Å². The van der Waals surface area contributed by atoms with E-state index in [-0.39, 0.29) is 6.29 Å². The third kappa shape index (κ3) is 12.1. The molecular weight excluding hydrogens is 444 g/mol. The average molecular weight is 482 g/mol. The highest BCUT2D eigenvalue weighted by molar-refractivity contribution is 7.94. The van der Waals surface area contributed by atoms with Crippen molar-refractivity contribution in [2.45, 2.75) is 45.9 Å². The summed E-state index contributed by atoms with van der Waals surface area (Å²) in [6.07, 6.45) is 1.53. The van der Waals surface area contributed by atoms with Gasteiger partial charge in [0.05, 0.1) is 39.3 Å². The topological polar surface area (TPSA) is 66.5 Å². The number of rotatable bonds is 18. The summed E-state index contributed by atoms with van der Waals surface area (Å²) in [5, 5.41) is 0. The van der Waals surface area contributed by atoms with Crippen molar-refractivity contribution >= 4 is 28.0 Å². The molecule has 30 heavy (non-hydrogen) atoms. The summed E-state index contributed by atoms with van der Waals surface area (Å²) in [5.74, 6) is 0. The van der Waals surface area contributed by atoms with E-state index in [0.29, 0.717) is 45.9 Å². The summed E-state index contributed by atoms with van der Waals surface area (Å²) in [4.78, 5) is 3.12. The van der Waals surface area contributed by atoms with Gasteiger partial charge in [-0.3, -0.25) is 9.46 Å². The zero-order valence-corrected chi connectivity index (χ0v) is 21.5. The molecule has 1 aromatic carbocycles. The van der Waals surface area contributed by atoms with Gasteiger partial charge in [-0.15, -0.1) is 0 Å². The van der Waals surface area contributed by atoms with Gasteiger partial charge in [0.25, 0.3) is 0 Å². The molecule has 1 aromatic rings. The van der Waals surface area contributed by atoms with Crippen molar-refractivity contribution in [2.75, 3.05) is 52.2 Å². The molecule has 0 saturated heterocycles. The second-order valence-corrected chi connectivity index (χ2v) is 10.7. The summed E-state index contributed by atoms with van der Waals surface area (Å²) in [6.45, 7) is 12.7. The largest absolute Gasteiger partial charge is 0.344 e. The molecule has 0 aromatic heterocycles. The fourth-order valence-electron chi connectivity index (χ4n) is 2.56. The molecule has 0 N–H and O–H groups in total. The van der Waals surface area contributed by atoms with Crippen molar-refractivity contribution in [3.05, 3.63) is 29.8 Å². The normalized spacial score (nSPS) is 12.2. The molecule has 174 valence electrons. The van der Waals surface area contributed by atoms with Gasteiger partial charge < -0.3 is 22.3 Å². The molecule has 0 aliphatic heterocycles. The van der Waals surface area contributed by atoms with Crippen molar-refractivity contribution in [3.63, 3.8) is 0 Å². The number of hydrogen-bond acceptors (Lipinski definition) is 8. The minimum atomic E-state index is -3.20. The van der Waals surface area contributed by atoms with Crippen LogP contribution in [0.3, 0.4) is 0 Å². The van der Waals surface area contributed by atoms with E-state index in [1.54, 1.807) is 0 Å². The standard InChI is InChI=1S/C20H37NO6P2S/c1-6-23-28(24-7-2)17-21(18-29(22,25-8-3)26-9-4)15-10-16-27-30-20-13-11-19(5)12-14-20/h11-14H,6-10,15-18H2,1-5H3. The molecule has 0 bridgehead atoms. The predicted octanol–water partition coefficient (Wildman–Crippen LogP) is 6.28. The van der Waals surface area contributed by atoms with E-state index in [0.717, 1.165) is 11.3 Å². The molecule has 0 aliphatic rings. The lowest BCUT2D eigenvalue weighted by Gasteiger charge is -2.29. The van der Waals surface area contributed by atoms with E-state index in [2.05, 4.69) is 19.1 Å². The lowest BCUT2D eigenvalue weighted by molar-refractivity contribution is 0.193. The van der Waals surface area contributed by atoms with Crippen molar-refractivity contribution in [2.24, 2.45) is 0 Å². The quantitative estimate of drug-likeness (QED) is 0.138. The van der Waals surface area contributed by atoms with Crippen LogP contribution in [0.1, 0.15) is 39.7 Å². The van der Waals surface area contributed by atoms with Gasteiger partial charge >= 0.3 is 7.60 Å². The Balaban J connectivity index is 2.61. The van der Waals surface area contributed by atoms with Gasteiger partial charge in [0.2, 0.25) is 0 Å². The SMILES string of the molecule is CCOP(CN(CCCOSc1ccc(C)cc1)CP(=O)(OCC)OCC)OCC. The molecule has 0 atom stereocenters. The molecule has 0 aliphatic carbocycles. The predicted molar refractivity (Wildman–Crippen MR) is 125 cm³/mol. The number of nitrogens with zero attached hydrogens (tertiary/aromatic N) is 1. The van der Waals surface area contributed by atoms with Gasteiger partial charge in [-0.1, -0.05) is 17.7 Å². The van der Waals surface area contributed by atoms with E-state index in [1.165, 1.54) is 17.6 Å². The Morgan fingerprint density at radius 1 is 0.967 bits per heavy atom. The molecule has 10 heteroatoms. The van der Waals surface area contributed by atoms with Gasteiger partial charge in [-0.2, -0.15) is 0 Å². The lowest BCUT2D eigenvalue weighted by atomic mass is 10.2. The maximum Gasteiger partial charge on any atom is 0.344 e. The molecular formula is C20H37NO6P2S. The van der Waals surface area contributed by atoms with Crippen molar-refractivity contribution in [3.8, 4) is 0 Å². The van der Waals surface area contributed by atoms with Gasteiger partial charge in [0.15, 0.2) is 8.38 Å². The second-order valence-electron chi connectivity index (χ2n) is 6.36. The van der Waals surface area contributed by atoms with Crippen LogP contribution < -0.4 is 0 Å². The first-order valence-electron chi connectivity index (χ1n) is 10.5. The molecule has 0 fully saturated rings. The van der Waals surface area contributed by atoms with Gasteiger partial charge in [0.1, 0.15) is 6.29 Å². The summed E-state index contributed by atoms with van der Waals surface area (Å²) in [5.41, 5.74) is 1.23. The van der Waals surface area contributed by atoms with E-state index in [4.69, 9.17) is 22.3 Å². The zero-order chi connectivity index (χ0) is 22.2. The smallest absolute Gasteiger partial charge is 0.333 e. The van der Waals surface area contributed by atoms with Crippen LogP contribution in [-0.4, -0.2) is 57.1 Å². The summed E-state index contributed by atoms with van der Waals surface area (Å²) in [6, 6.07) is 8.22. The fourth-order valence-corrected chi connectivity index (χ4v) is 6.44. The Bertz CT molecular complexity index is 591. The Hall–Kier alpha value is -0.0100. The third-order valence-electron chi connectivity index (χ3n) is 3.76. The molecule has 7 nitrogen and oxygen atoms in total. The molecule has 0 unspecified atom stereocenters. The Morgan fingerprint density at radius 3 is 2.10 bits per heavy atom. The van der Waals surface area contributed by atoms with E-state index < -0.39 is 16.0 Å². The van der Waals surface area contributed by atoms with Crippen LogP contribution in [0.25, 0.3) is 0 Å². The highest BCUT2D eigenvalue weighted by atomic mass is 32.2. The van der Waals surface area contributed by atoms with Crippen LogP contribution in [0.4, 0.5) is 0 Å². The van der Waals surface area contributed by atoms with Gasteiger partial charge in [-0.05, 0) is 53.2 Å². The third-order valence-corrected chi connectivity index (χ3v) is 8.29. The lowest BCUT2D eigenvalue weighted by Crippen LogP contribution is -2.29. The molecule has 0 spiro atoms. The summed E-state index contributed by atoms with van der Waals surface area (Å²) >= 11 is 1.37. The number of hydrogen-bond donors (Lipinski definition) is 0. The van der Waals surface area contributed by atoms with Crippen molar-refractivity contribution in [1.82, 2.24) is 4.90 Å². The Kier molecular flexibility index (Phi) is 15.5. The van der Waals surface area contributed by atoms with Gasteiger partial charge in [0, 0.05) is 23.5 Å². The van der Waals surface area contributed by atoms with Crippen molar-refractivity contribution < 1.29 is 26.8 Å². The second kappa shape index (κ2) is 16.6. The van der Waals surface area contributed by atoms with Crippen LogP contribution in [0, 0.1) is 6.92 Å². The van der Waals surface area contributed by atoms with Crippen LogP contribution >= 0.6 is 28.0 Å². The van der Waals surface area contributed by atoms with Crippen LogP contribution in [0.15, 0.2) is 29.2 Å². The monoisotopic (exact) mass is 481 g/mol. The van der Waals surface area contributed by atoms with E-state index >= 15 is 0 Å².